The molecule has 1 aliphatic rings. The van der Waals surface area contributed by atoms with Crippen molar-refractivity contribution in [3.05, 3.63) is 139 Å². The van der Waals surface area contributed by atoms with Crippen LogP contribution in [0.2, 0.25) is 19.6 Å². The molecule has 1 aliphatic carbocycles. The van der Waals surface area contributed by atoms with Gasteiger partial charge in [-0.05, 0) is 52.4 Å². The summed E-state index contributed by atoms with van der Waals surface area (Å²) < 4.78 is 6.36. The van der Waals surface area contributed by atoms with Crippen LogP contribution in [0, 0.1) is 12.1 Å². The molecule has 1 saturated carbocycles. The van der Waals surface area contributed by atoms with Crippen LogP contribution in [0.3, 0.4) is 0 Å². The zero-order valence-corrected chi connectivity index (χ0v) is 31.2. The molecule has 4 aromatic carbocycles. The third kappa shape index (κ3) is 7.44. The van der Waals surface area contributed by atoms with E-state index in [2.05, 4.69) is 121 Å². The van der Waals surface area contributed by atoms with Crippen LogP contribution in [0.4, 0.5) is 0 Å². The molecule has 5 heteroatoms. The van der Waals surface area contributed by atoms with Gasteiger partial charge in [0, 0.05) is 38.1 Å². The van der Waals surface area contributed by atoms with Gasteiger partial charge in [-0.3, -0.25) is 0 Å². The van der Waals surface area contributed by atoms with Gasteiger partial charge >= 0.3 is 0 Å². The molecule has 3 nitrogen and oxygen atoms in total. The second-order valence-electron chi connectivity index (χ2n) is 13.5. The molecule has 0 bridgehead atoms. The zero-order valence-electron chi connectivity index (χ0n) is 27.8. The van der Waals surface area contributed by atoms with E-state index in [0.717, 1.165) is 55.6 Å². The maximum atomic E-state index is 6.36. The van der Waals surface area contributed by atoms with Crippen LogP contribution in [-0.2, 0) is 20.1 Å². The number of hydrogen-bond donors (Lipinski definition) is 0. The van der Waals surface area contributed by atoms with Gasteiger partial charge in [0.05, 0.1) is 13.7 Å². The Bertz CT molecular complexity index is 2100. The standard InChI is InChI=1S/C29H24NO.C14H16NSi.Ir/c1-3-8-20(9-4-1)22-16-17-30-27(18-22)23-14-15-25-26-13-7-12-24(21-10-5-2-6-11-21)29(26)31-28(25)19-23;1-16(2,3)13-9-10-14(15-11-13)12-7-5-4-6-8-12;/h2,5-7,10-18,20H,1,3-4,8-9H2;4-7,9-11H,1-3H3;/q2*-1;. The second kappa shape index (κ2) is 14.9. The quantitative estimate of drug-likeness (QED) is 0.128. The van der Waals surface area contributed by atoms with Crippen molar-refractivity contribution >= 4 is 35.2 Å². The molecule has 0 aliphatic heterocycles. The van der Waals surface area contributed by atoms with Gasteiger partial charge in [0.2, 0.25) is 0 Å². The SMILES string of the molecule is C[Si](C)(C)c1ccc(-c2[c-]cccc2)nc1.[Ir].[c-]1c(-c2cc(C3CCCCC3)ccn2)ccc2c1oc1c(-c3ccccc3)cccc12. The summed E-state index contributed by atoms with van der Waals surface area (Å²) in [6.45, 7) is 7.00. The number of hydrogen-bond acceptors (Lipinski definition) is 3. The Morgan fingerprint density at radius 2 is 1.52 bits per heavy atom. The van der Waals surface area contributed by atoms with Crippen LogP contribution in [0.5, 0.6) is 0 Å². The fourth-order valence-electron chi connectivity index (χ4n) is 6.56. The molecular formula is C43H40IrN2OSi-2. The Labute approximate surface area is 298 Å². The zero-order chi connectivity index (χ0) is 32.2. The smallest absolute Gasteiger partial charge is 0.131 e. The average molecular weight is 821 g/mol. The predicted molar refractivity (Wildman–Crippen MR) is 199 cm³/mol. The molecule has 243 valence electrons. The van der Waals surface area contributed by atoms with E-state index in [0.29, 0.717) is 5.92 Å². The number of nitrogens with zero attached hydrogens (tertiary/aromatic N) is 2. The largest absolute Gasteiger partial charge is 0.476 e. The van der Waals surface area contributed by atoms with Crippen molar-refractivity contribution in [1.29, 1.82) is 0 Å². The van der Waals surface area contributed by atoms with E-state index in [4.69, 9.17) is 4.42 Å². The topological polar surface area (TPSA) is 38.9 Å². The number of furan rings is 1. The maximum Gasteiger partial charge on any atom is 0.131 e. The van der Waals surface area contributed by atoms with E-state index in [1.165, 1.54) is 42.9 Å². The Kier molecular flexibility index (Phi) is 10.5. The van der Waals surface area contributed by atoms with Crippen LogP contribution in [0.1, 0.15) is 43.6 Å². The minimum atomic E-state index is -1.23. The molecule has 3 heterocycles. The third-order valence-electron chi connectivity index (χ3n) is 9.25. The van der Waals surface area contributed by atoms with E-state index < -0.39 is 8.07 Å². The van der Waals surface area contributed by atoms with Gasteiger partial charge in [0.15, 0.2) is 0 Å². The monoisotopic (exact) mass is 821 g/mol. The normalized spacial score (nSPS) is 13.5. The van der Waals surface area contributed by atoms with Crippen molar-refractivity contribution in [1.82, 2.24) is 9.97 Å². The van der Waals surface area contributed by atoms with Crippen molar-refractivity contribution in [3.8, 4) is 33.6 Å². The number of aromatic nitrogens is 2. The summed E-state index contributed by atoms with van der Waals surface area (Å²) in [7, 11) is -1.23. The molecule has 48 heavy (non-hydrogen) atoms. The van der Waals surface area contributed by atoms with Crippen molar-refractivity contribution in [2.75, 3.05) is 0 Å². The molecule has 0 spiro atoms. The molecule has 0 unspecified atom stereocenters. The number of benzene rings is 4. The van der Waals surface area contributed by atoms with Gasteiger partial charge in [0.1, 0.15) is 5.58 Å². The van der Waals surface area contributed by atoms with Gasteiger partial charge in [0.25, 0.3) is 0 Å². The summed E-state index contributed by atoms with van der Waals surface area (Å²) in [5, 5.41) is 3.62. The molecule has 3 aromatic heterocycles. The molecule has 1 radical (unpaired) electrons. The summed E-state index contributed by atoms with van der Waals surface area (Å²) in [6, 6.07) is 44.4. The Hall–Kier alpha value is -4.15. The molecule has 8 rings (SSSR count). The minimum Gasteiger partial charge on any atom is -0.476 e. The van der Waals surface area contributed by atoms with Crippen LogP contribution in [0.15, 0.2) is 126 Å². The maximum absolute atomic E-state index is 6.36. The van der Waals surface area contributed by atoms with Crippen molar-refractivity contribution in [3.63, 3.8) is 0 Å². The first kappa shape index (κ1) is 33.7. The van der Waals surface area contributed by atoms with E-state index in [-0.39, 0.29) is 20.1 Å². The molecule has 0 saturated heterocycles. The Balaban J connectivity index is 0.000000201. The van der Waals surface area contributed by atoms with Gasteiger partial charge < -0.3 is 14.4 Å². The fourth-order valence-corrected chi connectivity index (χ4v) is 7.59. The first-order chi connectivity index (χ1) is 22.9. The van der Waals surface area contributed by atoms with Crippen LogP contribution < -0.4 is 5.19 Å². The molecule has 1 fully saturated rings. The summed E-state index contributed by atoms with van der Waals surface area (Å²) in [5.74, 6) is 0.666. The number of para-hydroxylation sites is 1. The van der Waals surface area contributed by atoms with Gasteiger partial charge in [-0.2, -0.15) is 0 Å². The third-order valence-corrected chi connectivity index (χ3v) is 11.3. The summed E-state index contributed by atoms with van der Waals surface area (Å²) in [6.07, 6.45) is 10.6. The molecule has 0 atom stereocenters. The van der Waals surface area contributed by atoms with E-state index >= 15 is 0 Å². The minimum absolute atomic E-state index is 0. The summed E-state index contributed by atoms with van der Waals surface area (Å²) in [5.41, 5.74) is 9.43. The van der Waals surface area contributed by atoms with Crippen LogP contribution in [0.25, 0.3) is 55.6 Å². The van der Waals surface area contributed by atoms with Crippen molar-refractivity contribution < 1.29 is 24.5 Å². The number of pyridine rings is 2. The van der Waals surface area contributed by atoms with Gasteiger partial charge in [-0.15, -0.1) is 53.6 Å². The van der Waals surface area contributed by atoms with Gasteiger partial charge in [-0.25, -0.2) is 0 Å². The molecule has 0 amide bonds. The average Bonchev–Trinajstić information content (AvgIpc) is 3.51. The van der Waals surface area contributed by atoms with E-state index in [1.807, 2.05) is 42.7 Å². The first-order valence-electron chi connectivity index (χ1n) is 16.8. The summed E-state index contributed by atoms with van der Waals surface area (Å²) >= 11 is 0. The van der Waals surface area contributed by atoms with E-state index in [1.54, 1.807) is 0 Å². The number of rotatable bonds is 5. The molecule has 7 aromatic rings. The predicted octanol–water partition coefficient (Wildman–Crippen LogP) is 11.3. The molecular weight excluding hydrogens is 781 g/mol. The Morgan fingerprint density at radius 1 is 0.708 bits per heavy atom. The summed E-state index contributed by atoms with van der Waals surface area (Å²) in [4.78, 5) is 9.18. The first-order valence-corrected chi connectivity index (χ1v) is 20.3. The van der Waals surface area contributed by atoms with E-state index in [9.17, 15) is 0 Å². The van der Waals surface area contributed by atoms with Crippen molar-refractivity contribution in [2.45, 2.75) is 57.7 Å². The van der Waals surface area contributed by atoms with Gasteiger partial charge in [-0.1, -0.05) is 123 Å². The molecule has 0 N–H and O–H groups in total. The van der Waals surface area contributed by atoms with Crippen LogP contribution >= 0.6 is 0 Å². The fraction of sp³-hybridized carbons (Fsp3) is 0.209. The van der Waals surface area contributed by atoms with Crippen LogP contribution in [-0.4, -0.2) is 18.0 Å². The Morgan fingerprint density at radius 3 is 2.25 bits per heavy atom. The van der Waals surface area contributed by atoms with Crippen molar-refractivity contribution in [2.24, 2.45) is 0 Å². The second-order valence-corrected chi connectivity index (χ2v) is 18.6. The number of fused-ring (bicyclic) bond motifs is 3.